The third-order valence-corrected chi connectivity index (χ3v) is 8.33. The Morgan fingerprint density at radius 1 is 1.36 bits per heavy atom. The molecule has 13 heteroatoms. The monoisotopic (exact) mass is 507 g/mol. The van der Waals surface area contributed by atoms with Gasteiger partial charge in [0.2, 0.25) is 11.8 Å². The second-order valence-corrected chi connectivity index (χ2v) is 10.8. The van der Waals surface area contributed by atoms with E-state index in [-0.39, 0.29) is 28.6 Å². The molecule has 0 aromatic heterocycles. The summed E-state index contributed by atoms with van der Waals surface area (Å²) in [6.07, 6.45) is -6.01. The molecule has 1 aromatic rings. The summed E-state index contributed by atoms with van der Waals surface area (Å²) < 4.78 is 69.3. The zero-order chi connectivity index (χ0) is 24.8. The van der Waals surface area contributed by atoms with Crippen LogP contribution in [0.2, 0.25) is 5.02 Å². The summed E-state index contributed by atoms with van der Waals surface area (Å²) in [5.41, 5.74) is -0.983. The van der Waals surface area contributed by atoms with Gasteiger partial charge in [-0.05, 0) is 38.3 Å². The maximum absolute atomic E-state index is 13.2. The van der Waals surface area contributed by atoms with Crippen molar-refractivity contribution in [2.75, 3.05) is 6.54 Å². The average molecular weight is 508 g/mol. The minimum absolute atomic E-state index is 0.213. The number of nitriles is 1. The van der Waals surface area contributed by atoms with Crippen LogP contribution in [0.25, 0.3) is 0 Å². The summed E-state index contributed by atoms with van der Waals surface area (Å²) in [7, 11) is -4.16. The first-order valence-electron chi connectivity index (χ1n) is 9.97. The van der Waals surface area contributed by atoms with E-state index >= 15 is 0 Å². The van der Waals surface area contributed by atoms with Gasteiger partial charge in [-0.2, -0.15) is 18.4 Å². The molecule has 33 heavy (non-hydrogen) atoms. The largest absolute Gasteiger partial charge is 0.481 e. The van der Waals surface area contributed by atoms with E-state index < -0.39 is 50.8 Å². The van der Waals surface area contributed by atoms with E-state index in [4.69, 9.17) is 16.3 Å². The maximum atomic E-state index is 13.2. The van der Waals surface area contributed by atoms with Gasteiger partial charge in [-0.25, -0.2) is 8.42 Å². The molecule has 3 rings (SSSR count). The number of nitrogens with zero attached hydrogens (tertiary/aromatic N) is 2. The zero-order valence-electron chi connectivity index (χ0n) is 17.6. The molecule has 1 heterocycles. The fraction of sp³-hybridized carbons (Fsp3) is 0.550. The van der Waals surface area contributed by atoms with Gasteiger partial charge in [0.05, 0.1) is 21.2 Å². The fourth-order valence-corrected chi connectivity index (χ4v) is 5.80. The highest BCUT2D eigenvalue weighted by Crippen LogP contribution is 2.37. The van der Waals surface area contributed by atoms with Gasteiger partial charge in [0.15, 0.2) is 15.9 Å². The summed E-state index contributed by atoms with van der Waals surface area (Å²) in [6.45, 7) is 1.74. The molecule has 8 nitrogen and oxygen atoms in total. The molecule has 0 spiro atoms. The van der Waals surface area contributed by atoms with Gasteiger partial charge >= 0.3 is 6.18 Å². The Morgan fingerprint density at radius 2 is 2.00 bits per heavy atom. The number of sulfone groups is 1. The zero-order valence-corrected chi connectivity index (χ0v) is 19.2. The van der Waals surface area contributed by atoms with Gasteiger partial charge < -0.3 is 15.0 Å². The van der Waals surface area contributed by atoms with Crippen LogP contribution in [0.3, 0.4) is 0 Å². The first-order valence-corrected chi connectivity index (χ1v) is 11.9. The molecule has 1 N–H and O–H groups in total. The van der Waals surface area contributed by atoms with E-state index in [1.54, 1.807) is 0 Å². The fourth-order valence-electron chi connectivity index (χ4n) is 3.56. The normalized spacial score (nSPS) is 22.9. The molecule has 180 valence electrons. The van der Waals surface area contributed by atoms with Crippen LogP contribution in [0, 0.1) is 11.3 Å². The summed E-state index contributed by atoms with van der Waals surface area (Å²) in [5, 5.41) is 10.2. The Balaban J connectivity index is 1.81. The Bertz CT molecular complexity index is 1110. The van der Waals surface area contributed by atoms with Crippen LogP contribution in [0.4, 0.5) is 13.2 Å². The summed E-state index contributed by atoms with van der Waals surface area (Å²) in [4.78, 5) is 25.5. The number of hydrogen-bond acceptors (Lipinski definition) is 6. The highest BCUT2D eigenvalue weighted by molar-refractivity contribution is 7.92. The number of likely N-dealkylation sites (tertiary alicyclic amines) is 1. The Labute approximate surface area is 193 Å². The predicted molar refractivity (Wildman–Crippen MR) is 110 cm³/mol. The number of rotatable bonds is 6. The lowest BCUT2D eigenvalue weighted by molar-refractivity contribution is -0.189. The van der Waals surface area contributed by atoms with E-state index in [1.165, 1.54) is 6.92 Å². The first-order chi connectivity index (χ1) is 15.2. The lowest BCUT2D eigenvalue weighted by atomic mass is 10.2. The van der Waals surface area contributed by atoms with Crippen LogP contribution in [0.1, 0.15) is 33.1 Å². The standard InChI is InChI=1S/C20H21ClF3N3O5S/c1-11(20(22,23)24)32-13-3-4-17(15(21)7-13)33(30,31)14-8-16(27(9-14)12(2)28)18(29)26-19(10-25)5-6-19/h3-4,7,11,14,16H,5-6,8-9H2,1-2H3,(H,26,29)/t11?,14-,16+/m1/s1. The second kappa shape index (κ2) is 8.68. The van der Waals surface area contributed by atoms with Gasteiger partial charge in [-0.1, -0.05) is 11.6 Å². The summed E-state index contributed by atoms with van der Waals surface area (Å²) in [5.74, 6) is -1.38. The minimum atomic E-state index is -4.61. The molecule has 2 fully saturated rings. The predicted octanol–water partition coefficient (Wildman–Crippen LogP) is 2.61. The van der Waals surface area contributed by atoms with Crippen LogP contribution in [0.15, 0.2) is 23.1 Å². The third kappa shape index (κ3) is 5.19. The van der Waals surface area contributed by atoms with Crippen molar-refractivity contribution in [2.45, 2.75) is 67.1 Å². The van der Waals surface area contributed by atoms with Crippen LogP contribution in [-0.4, -0.2) is 60.8 Å². The smallest absolute Gasteiger partial charge is 0.425 e. The van der Waals surface area contributed by atoms with E-state index in [1.807, 2.05) is 6.07 Å². The van der Waals surface area contributed by atoms with E-state index in [0.29, 0.717) is 12.8 Å². The van der Waals surface area contributed by atoms with Crippen molar-refractivity contribution in [1.29, 1.82) is 5.26 Å². The highest BCUT2D eigenvalue weighted by Gasteiger charge is 2.50. The molecule has 1 saturated heterocycles. The van der Waals surface area contributed by atoms with Crippen molar-refractivity contribution in [2.24, 2.45) is 0 Å². The molecular formula is C20H21ClF3N3O5S. The van der Waals surface area contributed by atoms with Crippen LogP contribution in [0.5, 0.6) is 5.75 Å². The number of carbonyl (C=O) groups is 2. The number of alkyl halides is 3. The molecule has 1 aromatic carbocycles. The van der Waals surface area contributed by atoms with Crippen molar-refractivity contribution < 1.29 is 35.9 Å². The van der Waals surface area contributed by atoms with Gasteiger partial charge in [-0.3, -0.25) is 9.59 Å². The molecule has 0 bridgehead atoms. The topological polar surface area (TPSA) is 117 Å². The van der Waals surface area contributed by atoms with Crippen molar-refractivity contribution >= 4 is 33.3 Å². The maximum Gasteiger partial charge on any atom is 0.425 e. The number of ether oxygens (including phenoxy) is 1. The molecule has 1 unspecified atom stereocenters. The van der Waals surface area contributed by atoms with Gasteiger partial charge in [-0.15, -0.1) is 0 Å². The lowest BCUT2D eigenvalue weighted by Gasteiger charge is -2.23. The summed E-state index contributed by atoms with van der Waals surface area (Å²) in [6, 6.07) is 3.99. The van der Waals surface area contributed by atoms with Gasteiger partial charge in [0.25, 0.3) is 0 Å². The molecule has 1 aliphatic heterocycles. The quantitative estimate of drug-likeness (QED) is 0.632. The van der Waals surface area contributed by atoms with E-state index in [9.17, 15) is 36.4 Å². The van der Waals surface area contributed by atoms with Gasteiger partial charge in [0.1, 0.15) is 17.3 Å². The molecule has 2 amide bonds. The minimum Gasteiger partial charge on any atom is -0.481 e. The highest BCUT2D eigenvalue weighted by atomic mass is 35.5. The Hall–Kier alpha value is -2.52. The Morgan fingerprint density at radius 3 is 2.48 bits per heavy atom. The van der Waals surface area contributed by atoms with Crippen LogP contribution >= 0.6 is 11.6 Å². The van der Waals surface area contributed by atoms with Crippen molar-refractivity contribution in [3.8, 4) is 11.8 Å². The molecule has 0 radical (unpaired) electrons. The number of nitrogens with one attached hydrogen (secondary N) is 1. The SMILES string of the molecule is CC(=O)N1C[C@H](S(=O)(=O)c2ccc(OC(C)C(F)(F)F)cc2Cl)C[C@H]1C(=O)NC1(C#N)CC1. The van der Waals surface area contributed by atoms with Crippen LogP contribution < -0.4 is 10.1 Å². The van der Waals surface area contributed by atoms with Gasteiger partial charge in [0, 0.05) is 19.5 Å². The third-order valence-electron chi connectivity index (χ3n) is 5.72. The van der Waals surface area contributed by atoms with Crippen LogP contribution in [-0.2, 0) is 19.4 Å². The molecule has 1 saturated carbocycles. The lowest BCUT2D eigenvalue weighted by Crippen LogP contribution is -2.48. The second-order valence-electron chi connectivity index (χ2n) is 8.17. The van der Waals surface area contributed by atoms with Crippen molar-refractivity contribution in [3.05, 3.63) is 23.2 Å². The average Bonchev–Trinajstić information content (AvgIpc) is 3.31. The number of amides is 2. The molecule has 2 aliphatic rings. The molecule has 3 atom stereocenters. The number of halogens is 4. The molecule has 1 aliphatic carbocycles. The number of carbonyl (C=O) groups excluding carboxylic acids is 2. The Kier molecular flexibility index (Phi) is 6.61. The van der Waals surface area contributed by atoms with Crippen molar-refractivity contribution in [1.82, 2.24) is 10.2 Å². The number of benzene rings is 1. The first kappa shape index (κ1) is 25.1. The molecular weight excluding hydrogens is 487 g/mol. The van der Waals surface area contributed by atoms with Crippen molar-refractivity contribution in [3.63, 3.8) is 0 Å². The summed E-state index contributed by atoms with van der Waals surface area (Å²) >= 11 is 6.07. The number of hydrogen-bond donors (Lipinski definition) is 1. The van der Waals surface area contributed by atoms with E-state index in [0.717, 1.165) is 30.0 Å². The van der Waals surface area contributed by atoms with E-state index in [2.05, 4.69) is 5.32 Å².